The Morgan fingerprint density at radius 2 is 0.742 bits per heavy atom. The fraction of sp³-hybridized carbons (Fsp3) is 0. The summed E-state index contributed by atoms with van der Waals surface area (Å²) in [5.41, 5.74) is 16.0. The van der Waals surface area contributed by atoms with E-state index in [0.717, 1.165) is 72.6 Å². The largest absolute Gasteiger partial charge is 0.309 e. The lowest BCUT2D eigenvalue weighted by molar-refractivity contribution is 1.15. The Bertz CT molecular complexity index is 3510. The van der Waals surface area contributed by atoms with Crippen LogP contribution in [-0.4, -0.2) is 19.1 Å². The molecule has 0 atom stereocenters. The molecule has 0 aliphatic carbocycles. The minimum absolute atomic E-state index is 0.680. The van der Waals surface area contributed by atoms with Crippen molar-refractivity contribution in [3.8, 4) is 67.5 Å². The Balaban J connectivity index is 1.20. The predicted octanol–water partition coefficient (Wildman–Crippen LogP) is 15.0. The zero-order valence-corrected chi connectivity index (χ0v) is 33.7. The van der Waals surface area contributed by atoms with Gasteiger partial charge in [0.15, 0.2) is 5.82 Å². The van der Waals surface area contributed by atoms with Crippen LogP contribution in [0, 0.1) is 0 Å². The number of rotatable bonds is 7. The molecule has 0 fully saturated rings. The van der Waals surface area contributed by atoms with Crippen molar-refractivity contribution in [3.05, 3.63) is 231 Å². The molecule has 0 aliphatic heterocycles. The van der Waals surface area contributed by atoms with Crippen molar-refractivity contribution in [1.29, 1.82) is 0 Å². The average molecular weight is 791 g/mol. The third-order valence-corrected chi connectivity index (χ3v) is 12.2. The highest BCUT2D eigenvalue weighted by atomic mass is 15.0. The zero-order chi connectivity index (χ0) is 41.0. The zero-order valence-electron chi connectivity index (χ0n) is 33.7. The monoisotopic (exact) mass is 790 g/mol. The molecule has 0 radical (unpaired) electrons. The molecule has 0 N–H and O–H groups in total. The Labute approximate surface area is 359 Å². The van der Waals surface area contributed by atoms with Crippen LogP contribution in [0.5, 0.6) is 0 Å². The van der Waals surface area contributed by atoms with Crippen LogP contribution in [0.1, 0.15) is 0 Å². The molecule has 0 saturated carbocycles. The fourth-order valence-electron chi connectivity index (χ4n) is 9.39. The second kappa shape index (κ2) is 14.7. The molecule has 3 heterocycles. The van der Waals surface area contributed by atoms with E-state index in [4.69, 9.17) is 9.97 Å². The van der Waals surface area contributed by atoms with Gasteiger partial charge in [-0.2, -0.15) is 0 Å². The maximum atomic E-state index is 5.44. The van der Waals surface area contributed by atoms with Crippen molar-refractivity contribution in [2.24, 2.45) is 0 Å². The van der Waals surface area contributed by atoms with Gasteiger partial charge >= 0.3 is 0 Å². The summed E-state index contributed by atoms with van der Waals surface area (Å²) in [4.78, 5) is 10.6. The molecule has 0 amide bonds. The quantitative estimate of drug-likeness (QED) is 0.161. The molecule has 0 spiro atoms. The predicted molar refractivity (Wildman–Crippen MR) is 258 cm³/mol. The van der Waals surface area contributed by atoms with Gasteiger partial charge in [0.05, 0.1) is 44.8 Å². The first-order chi connectivity index (χ1) is 30.8. The number of nitrogens with zero attached hydrogens (tertiary/aromatic N) is 4. The highest BCUT2D eigenvalue weighted by Crippen LogP contribution is 2.45. The molecule has 4 nitrogen and oxygen atoms in total. The van der Waals surface area contributed by atoms with E-state index >= 15 is 0 Å². The highest BCUT2D eigenvalue weighted by Gasteiger charge is 2.24. The van der Waals surface area contributed by atoms with Crippen LogP contribution >= 0.6 is 0 Å². The van der Waals surface area contributed by atoms with E-state index in [1.165, 1.54) is 32.7 Å². The van der Waals surface area contributed by atoms with Crippen molar-refractivity contribution < 1.29 is 0 Å². The smallest absolute Gasteiger partial charge is 0.160 e. The fourth-order valence-corrected chi connectivity index (χ4v) is 9.39. The number of benzene rings is 9. The van der Waals surface area contributed by atoms with Crippen LogP contribution in [0.2, 0.25) is 0 Å². The number of para-hydroxylation sites is 4. The minimum atomic E-state index is 0.680. The number of hydrogen-bond donors (Lipinski definition) is 0. The second-order valence-corrected chi connectivity index (χ2v) is 15.7. The Kier molecular flexibility index (Phi) is 8.46. The van der Waals surface area contributed by atoms with Gasteiger partial charge in [-0.25, -0.2) is 9.97 Å². The Morgan fingerprint density at radius 3 is 1.40 bits per heavy atom. The first kappa shape index (κ1) is 35.6. The summed E-state index contributed by atoms with van der Waals surface area (Å²) < 4.78 is 4.89. The van der Waals surface area contributed by atoms with E-state index in [1.54, 1.807) is 0 Å². The van der Waals surface area contributed by atoms with Crippen molar-refractivity contribution >= 4 is 43.6 Å². The van der Waals surface area contributed by atoms with Gasteiger partial charge in [-0.3, -0.25) is 0 Å². The molecular formula is C58H38N4. The molecule has 4 heteroatoms. The molecule has 12 aromatic rings. The lowest BCUT2D eigenvalue weighted by Crippen LogP contribution is -2.04. The topological polar surface area (TPSA) is 35.6 Å². The van der Waals surface area contributed by atoms with Crippen molar-refractivity contribution in [3.63, 3.8) is 0 Å². The molecule has 0 bridgehead atoms. The Morgan fingerprint density at radius 1 is 0.274 bits per heavy atom. The summed E-state index contributed by atoms with van der Waals surface area (Å²) >= 11 is 0. The van der Waals surface area contributed by atoms with E-state index in [0.29, 0.717) is 5.82 Å². The minimum Gasteiger partial charge on any atom is -0.309 e. The Hall–Kier alpha value is -8.34. The van der Waals surface area contributed by atoms with Crippen molar-refractivity contribution in [1.82, 2.24) is 19.1 Å². The van der Waals surface area contributed by atoms with E-state index in [2.05, 4.69) is 215 Å². The van der Waals surface area contributed by atoms with Gasteiger partial charge in [-0.1, -0.05) is 182 Å². The highest BCUT2D eigenvalue weighted by molar-refractivity contribution is 6.12. The number of fused-ring (bicyclic) bond motifs is 6. The van der Waals surface area contributed by atoms with Crippen molar-refractivity contribution in [2.45, 2.75) is 0 Å². The third-order valence-electron chi connectivity index (χ3n) is 12.2. The van der Waals surface area contributed by atoms with Crippen LogP contribution < -0.4 is 0 Å². The van der Waals surface area contributed by atoms with Gasteiger partial charge < -0.3 is 9.13 Å². The van der Waals surface area contributed by atoms with E-state index in [1.807, 2.05) is 24.3 Å². The van der Waals surface area contributed by atoms with Gasteiger partial charge in [0, 0.05) is 49.4 Å². The van der Waals surface area contributed by atoms with Gasteiger partial charge in [0.1, 0.15) is 0 Å². The first-order valence-electron chi connectivity index (χ1n) is 21.1. The molecule has 62 heavy (non-hydrogen) atoms. The summed E-state index contributed by atoms with van der Waals surface area (Å²) in [7, 11) is 0. The van der Waals surface area contributed by atoms with Crippen LogP contribution in [0.15, 0.2) is 231 Å². The SMILES string of the molecule is c1ccc(-c2ccc3c(c2)c2ccccc2n3-c2cccc(-c3cc(-c4ccccc4)nc(-c4ccccc4)n3)c2-c2ccccc2-n2c3ccccc3c3ccccc32)cc1. The maximum Gasteiger partial charge on any atom is 0.160 e. The van der Waals surface area contributed by atoms with Gasteiger partial charge in [0.2, 0.25) is 0 Å². The summed E-state index contributed by atoms with van der Waals surface area (Å²) in [6.45, 7) is 0. The van der Waals surface area contributed by atoms with Crippen LogP contribution in [0.4, 0.5) is 0 Å². The maximum absolute atomic E-state index is 5.44. The first-order valence-corrected chi connectivity index (χ1v) is 21.1. The molecule has 12 rings (SSSR count). The molecule has 0 aliphatic rings. The summed E-state index contributed by atoms with van der Waals surface area (Å²) in [5.74, 6) is 0.680. The number of hydrogen-bond acceptors (Lipinski definition) is 2. The molecule has 0 saturated heterocycles. The summed E-state index contributed by atoms with van der Waals surface area (Å²) in [6, 6.07) is 82.2. The van der Waals surface area contributed by atoms with Crippen LogP contribution in [0.25, 0.3) is 111 Å². The van der Waals surface area contributed by atoms with E-state index in [-0.39, 0.29) is 0 Å². The molecule has 9 aromatic carbocycles. The van der Waals surface area contributed by atoms with Gasteiger partial charge in [-0.15, -0.1) is 0 Å². The molecule has 3 aromatic heterocycles. The van der Waals surface area contributed by atoms with E-state index in [9.17, 15) is 0 Å². The van der Waals surface area contributed by atoms with Crippen molar-refractivity contribution in [2.75, 3.05) is 0 Å². The normalized spacial score (nSPS) is 11.5. The lowest BCUT2D eigenvalue weighted by atomic mass is 9.93. The number of aromatic nitrogens is 4. The van der Waals surface area contributed by atoms with Gasteiger partial charge in [-0.05, 0) is 59.7 Å². The standard InChI is InChI=1S/C58H38N4/c1-4-19-39(20-5-1)42-35-36-55-48(37-42)45-27-12-16-32-53(45)62(55)56-34-18-29-46(50-38-49(40-21-6-2-7-22-40)59-58(60-50)41-23-8-3-9-24-41)57(56)47-28-13-17-33-54(47)61-51-30-14-10-25-43(51)44-26-11-15-31-52(44)61/h1-38H. The molecule has 0 unspecified atom stereocenters. The summed E-state index contributed by atoms with van der Waals surface area (Å²) in [5, 5.41) is 4.85. The van der Waals surface area contributed by atoms with Gasteiger partial charge in [0.25, 0.3) is 0 Å². The van der Waals surface area contributed by atoms with E-state index < -0.39 is 0 Å². The molecule has 290 valence electrons. The lowest BCUT2D eigenvalue weighted by Gasteiger charge is -2.22. The average Bonchev–Trinajstić information content (AvgIpc) is 3.87. The van der Waals surface area contributed by atoms with Crippen LogP contribution in [0.3, 0.4) is 0 Å². The van der Waals surface area contributed by atoms with Crippen LogP contribution in [-0.2, 0) is 0 Å². The summed E-state index contributed by atoms with van der Waals surface area (Å²) in [6.07, 6.45) is 0. The second-order valence-electron chi connectivity index (χ2n) is 15.7. The molecular weight excluding hydrogens is 753 g/mol. The third kappa shape index (κ3) is 5.84.